The largest absolute Gasteiger partial charge is 0.490 e. The van der Waals surface area contributed by atoms with Gasteiger partial charge in [0.05, 0.1) is 24.5 Å². The summed E-state index contributed by atoms with van der Waals surface area (Å²) < 4.78 is 17.2. The highest BCUT2D eigenvalue weighted by molar-refractivity contribution is 5.85. The number of nitrogens with one attached hydrogen (secondary N) is 1. The summed E-state index contributed by atoms with van der Waals surface area (Å²) in [7, 11) is 0. The van der Waals surface area contributed by atoms with Crippen molar-refractivity contribution < 1.29 is 28.6 Å². The number of likely N-dealkylation sites (tertiary alicyclic amines) is 2. The van der Waals surface area contributed by atoms with Crippen molar-refractivity contribution in [2.45, 2.75) is 77.0 Å². The first-order valence-corrected chi connectivity index (χ1v) is 18.5. The van der Waals surface area contributed by atoms with E-state index < -0.39 is 5.60 Å². The summed E-state index contributed by atoms with van der Waals surface area (Å²) in [6.45, 7) is 13.4. The number of rotatable bonds is 6. The zero-order valence-corrected chi connectivity index (χ0v) is 33.0. The number of urea groups is 2. The Morgan fingerprint density at radius 3 is 1.70 bits per heavy atom. The van der Waals surface area contributed by atoms with Gasteiger partial charge in [0.2, 0.25) is 0 Å². The second kappa shape index (κ2) is 21.8. The fraction of sp³-hybridized carbons (Fsp3) is 0.649. The molecule has 1 N–H and O–H groups in total. The van der Waals surface area contributed by atoms with E-state index in [4.69, 9.17) is 14.2 Å². The normalized spacial score (nSPS) is 20.5. The molecule has 6 heterocycles. The number of piperidine rings is 2. The number of nitrogens with zero attached hydrogens (tertiary/aromatic N) is 7. The van der Waals surface area contributed by atoms with Crippen molar-refractivity contribution in [1.82, 2.24) is 39.8 Å². The Hall–Kier alpha value is -3.75. The van der Waals surface area contributed by atoms with Gasteiger partial charge in [0, 0.05) is 77.8 Å². The van der Waals surface area contributed by atoms with Crippen LogP contribution >= 0.6 is 24.8 Å². The molecule has 0 bridgehead atoms. The molecule has 14 nitrogen and oxygen atoms in total. The standard InChI is InChI=1S/C21H32N4O4.C16H24N4O2.2ClH/c1-21(2,3)29-20(27)24-12-13-25(19(26)23-10-5-4-6-11-23)17(15-24)16-28-18-8-7-9-22-14-18;21-16(19-8-2-1-3-9-19)20-10-7-18-11-14(20)13-22-15-5-4-6-17-12-15;;/h7-9,14,17H,4-6,10-13,15-16H2,1-3H3;4-6,12,14,18H,1-3,7-11,13H2;2*1H. The van der Waals surface area contributed by atoms with E-state index in [1.54, 1.807) is 35.8 Å². The van der Waals surface area contributed by atoms with Crippen molar-refractivity contribution >= 4 is 43.0 Å². The summed E-state index contributed by atoms with van der Waals surface area (Å²) in [5.41, 5.74) is -0.556. The van der Waals surface area contributed by atoms with Gasteiger partial charge in [0.25, 0.3) is 0 Å². The molecule has 16 heteroatoms. The van der Waals surface area contributed by atoms with Gasteiger partial charge in [-0.25, -0.2) is 14.4 Å². The van der Waals surface area contributed by atoms with Crippen LogP contribution in [0.1, 0.15) is 59.3 Å². The molecule has 6 rings (SSSR count). The van der Waals surface area contributed by atoms with Gasteiger partial charge < -0.3 is 44.0 Å². The molecule has 2 unspecified atom stereocenters. The monoisotopic (exact) mass is 780 g/mol. The molecule has 0 saturated carbocycles. The number of piperazine rings is 2. The molecule has 2 aromatic rings. The summed E-state index contributed by atoms with van der Waals surface area (Å²) in [4.78, 5) is 55.9. The lowest BCUT2D eigenvalue weighted by atomic mass is 10.1. The first kappa shape index (κ1) is 43.7. The molecule has 4 fully saturated rings. The number of halogens is 2. The number of hydrogen-bond acceptors (Lipinski definition) is 9. The average Bonchev–Trinajstić information content (AvgIpc) is 3.17. The van der Waals surface area contributed by atoms with Crippen LogP contribution in [0.3, 0.4) is 0 Å². The van der Waals surface area contributed by atoms with Gasteiger partial charge in [-0.3, -0.25) is 9.97 Å². The third kappa shape index (κ3) is 13.6. The Kier molecular flexibility index (Phi) is 18.0. The van der Waals surface area contributed by atoms with Crippen molar-refractivity contribution in [2.24, 2.45) is 0 Å². The zero-order valence-electron chi connectivity index (χ0n) is 31.4. The molecule has 0 spiro atoms. The summed E-state index contributed by atoms with van der Waals surface area (Å²) in [6.07, 6.45) is 13.1. The predicted octanol–water partition coefficient (Wildman–Crippen LogP) is 5.17. The number of aromatic nitrogens is 2. The smallest absolute Gasteiger partial charge is 0.410 e. The van der Waals surface area contributed by atoms with Crippen molar-refractivity contribution in [3.05, 3.63) is 49.1 Å². The number of carbonyl (C=O) groups is 3. The van der Waals surface area contributed by atoms with Crippen LogP contribution in [0.15, 0.2) is 49.1 Å². The predicted molar refractivity (Wildman–Crippen MR) is 207 cm³/mol. The maximum absolute atomic E-state index is 13.1. The molecule has 53 heavy (non-hydrogen) atoms. The lowest BCUT2D eigenvalue weighted by Gasteiger charge is -2.43. The molecule has 4 saturated heterocycles. The second-order valence-corrected chi connectivity index (χ2v) is 14.5. The van der Waals surface area contributed by atoms with Crippen molar-refractivity contribution in [3.8, 4) is 11.5 Å². The minimum atomic E-state index is -0.556. The van der Waals surface area contributed by atoms with Crippen LogP contribution in [0.5, 0.6) is 11.5 Å². The van der Waals surface area contributed by atoms with Gasteiger partial charge in [-0.2, -0.15) is 0 Å². The molecule has 4 aliphatic heterocycles. The highest BCUT2D eigenvalue weighted by Gasteiger charge is 2.37. The number of pyridine rings is 2. The van der Waals surface area contributed by atoms with E-state index in [0.717, 1.165) is 77.2 Å². The Balaban J connectivity index is 0.000000284. The van der Waals surface area contributed by atoms with Crippen molar-refractivity contribution in [1.29, 1.82) is 0 Å². The second-order valence-electron chi connectivity index (χ2n) is 14.5. The highest BCUT2D eigenvalue weighted by atomic mass is 35.5. The lowest BCUT2D eigenvalue weighted by Crippen LogP contribution is -2.61. The number of hydrogen-bond donors (Lipinski definition) is 1. The minimum absolute atomic E-state index is 0. The Labute approximate surface area is 326 Å². The van der Waals surface area contributed by atoms with E-state index >= 15 is 0 Å². The van der Waals surface area contributed by atoms with E-state index in [-0.39, 0.29) is 55.1 Å². The first-order chi connectivity index (χ1) is 24.7. The summed E-state index contributed by atoms with van der Waals surface area (Å²) >= 11 is 0. The fourth-order valence-electron chi connectivity index (χ4n) is 6.69. The van der Waals surface area contributed by atoms with Crippen molar-refractivity contribution in [2.75, 3.05) is 78.7 Å². The lowest BCUT2D eigenvalue weighted by molar-refractivity contribution is 0.00116. The van der Waals surface area contributed by atoms with Gasteiger partial charge in [-0.15, -0.1) is 24.8 Å². The van der Waals surface area contributed by atoms with E-state index in [1.165, 1.54) is 12.8 Å². The van der Waals surface area contributed by atoms with Gasteiger partial charge in [-0.1, -0.05) is 0 Å². The van der Waals surface area contributed by atoms with E-state index in [9.17, 15) is 14.4 Å². The Morgan fingerprint density at radius 1 is 0.698 bits per heavy atom. The van der Waals surface area contributed by atoms with Gasteiger partial charge in [0.1, 0.15) is 30.3 Å². The zero-order chi connectivity index (χ0) is 36.1. The molecule has 296 valence electrons. The molecule has 0 radical (unpaired) electrons. The van der Waals surface area contributed by atoms with Gasteiger partial charge >= 0.3 is 18.2 Å². The van der Waals surface area contributed by atoms with Crippen molar-refractivity contribution in [3.63, 3.8) is 0 Å². The number of amides is 5. The third-order valence-electron chi connectivity index (χ3n) is 9.38. The molecular weight excluding hydrogens is 723 g/mol. The molecule has 2 atom stereocenters. The van der Waals surface area contributed by atoms with E-state index in [1.807, 2.05) is 58.6 Å². The van der Waals surface area contributed by atoms with Crippen LogP contribution in [-0.2, 0) is 4.74 Å². The van der Waals surface area contributed by atoms with Crippen LogP contribution in [0.4, 0.5) is 14.4 Å². The number of carbonyl (C=O) groups excluding carboxylic acids is 3. The molecule has 2 aromatic heterocycles. The topological polar surface area (TPSA) is 133 Å². The molecule has 0 aliphatic carbocycles. The molecule has 4 aliphatic rings. The van der Waals surface area contributed by atoms with Crippen LogP contribution in [0.2, 0.25) is 0 Å². The Morgan fingerprint density at radius 2 is 1.21 bits per heavy atom. The van der Waals surface area contributed by atoms with Gasteiger partial charge in [-0.05, 0) is 83.6 Å². The van der Waals surface area contributed by atoms with Crippen LogP contribution < -0.4 is 14.8 Å². The Bertz CT molecular complexity index is 1380. The van der Waals surface area contributed by atoms with E-state index in [2.05, 4.69) is 15.3 Å². The number of ether oxygens (including phenoxy) is 3. The maximum atomic E-state index is 13.1. The quantitative estimate of drug-likeness (QED) is 0.422. The summed E-state index contributed by atoms with van der Waals surface area (Å²) in [6, 6.07) is 7.41. The molecule has 0 aromatic carbocycles. The third-order valence-corrected chi connectivity index (χ3v) is 9.38. The first-order valence-electron chi connectivity index (χ1n) is 18.5. The van der Waals surface area contributed by atoms with Crippen LogP contribution in [-0.4, -0.2) is 149 Å². The molecular formula is C37H58Cl2N8O6. The van der Waals surface area contributed by atoms with Crippen LogP contribution in [0, 0.1) is 0 Å². The van der Waals surface area contributed by atoms with E-state index in [0.29, 0.717) is 38.6 Å². The minimum Gasteiger partial charge on any atom is -0.490 e. The average molecular weight is 782 g/mol. The summed E-state index contributed by atoms with van der Waals surface area (Å²) in [5.74, 6) is 1.39. The fourth-order valence-corrected chi connectivity index (χ4v) is 6.69. The maximum Gasteiger partial charge on any atom is 0.410 e. The van der Waals surface area contributed by atoms with Crippen LogP contribution in [0.25, 0.3) is 0 Å². The highest BCUT2D eigenvalue weighted by Crippen LogP contribution is 2.20. The van der Waals surface area contributed by atoms with Gasteiger partial charge in [0.15, 0.2) is 0 Å². The SMILES string of the molecule is CC(C)(C)OC(=O)N1CCN(C(=O)N2CCCCC2)C(COc2cccnc2)C1.Cl.Cl.O=C(N1CCCCC1)N1CCNCC1COc1cccnc1. The summed E-state index contributed by atoms with van der Waals surface area (Å²) in [5, 5.41) is 3.35. The molecule has 5 amide bonds.